The fourth-order valence-corrected chi connectivity index (χ4v) is 4.21. The third-order valence-electron chi connectivity index (χ3n) is 4.55. The van der Waals surface area contributed by atoms with E-state index < -0.39 is 6.10 Å². The standard InChI is InChI=1S/C18H18N2O3S/c1-11-17(21)19-13-6-2-5-12(16(13)23-11)18(22)20-9-3-7-14(20)15-8-4-10-24-15/h2,4-6,8,10-11,14H,3,7,9H2,1H3,(H,19,21)/t11-,14+/m0/s1. The van der Waals surface area contributed by atoms with Gasteiger partial charge in [0.1, 0.15) is 0 Å². The van der Waals surface area contributed by atoms with Crippen molar-refractivity contribution < 1.29 is 14.3 Å². The van der Waals surface area contributed by atoms with Crippen LogP contribution < -0.4 is 10.1 Å². The van der Waals surface area contributed by atoms with Crippen molar-refractivity contribution in [1.82, 2.24) is 4.90 Å². The molecule has 2 aromatic rings. The highest BCUT2D eigenvalue weighted by Gasteiger charge is 2.34. The molecule has 124 valence electrons. The summed E-state index contributed by atoms with van der Waals surface area (Å²) in [5.74, 6) is 0.252. The van der Waals surface area contributed by atoms with Crippen molar-refractivity contribution in [1.29, 1.82) is 0 Å². The topological polar surface area (TPSA) is 58.6 Å². The molecular weight excluding hydrogens is 324 g/mol. The number of carbonyl (C=O) groups excluding carboxylic acids is 2. The summed E-state index contributed by atoms with van der Waals surface area (Å²) in [6, 6.07) is 9.54. The van der Waals surface area contributed by atoms with Gasteiger partial charge in [-0.15, -0.1) is 11.3 Å². The zero-order valence-electron chi connectivity index (χ0n) is 13.3. The minimum Gasteiger partial charge on any atom is -0.478 e. The molecule has 1 N–H and O–H groups in total. The molecule has 0 aliphatic carbocycles. The number of para-hydroxylation sites is 1. The summed E-state index contributed by atoms with van der Waals surface area (Å²) in [7, 11) is 0. The van der Waals surface area contributed by atoms with Crippen LogP contribution in [0.1, 0.15) is 41.0 Å². The molecule has 6 heteroatoms. The highest BCUT2D eigenvalue weighted by molar-refractivity contribution is 7.10. The lowest BCUT2D eigenvalue weighted by Crippen LogP contribution is -2.36. The summed E-state index contributed by atoms with van der Waals surface area (Å²) < 4.78 is 5.72. The van der Waals surface area contributed by atoms with Gasteiger partial charge in [0.05, 0.1) is 17.3 Å². The maximum Gasteiger partial charge on any atom is 0.265 e. The van der Waals surface area contributed by atoms with Crippen LogP contribution in [0.3, 0.4) is 0 Å². The quantitative estimate of drug-likeness (QED) is 0.909. The second kappa shape index (κ2) is 5.94. The third kappa shape index (κ3) is 2.47. The number of carbonyl (C=O) groups is 2. The number of hydrogen-bond acceptors (Lipinski definition) is 4. The maximum absolute atomic E-state index is 13.2. The SMILES string of the molecule is C[C@@H]1Oc2c(cccc2C(=O)N2CCC[C@@H]2c2cccs2)NC1=O. The van der Waals surface area contributed by atoms with E-state index in [4.69, 9.17) is 4.74 Å². The predicted molar refractivity (Wildman–Crippen MR) is 92.5 cm³/mol. The van der Waals surface area contributed by atoms with Gasteiger partial charge in [0.25, 0.3) is 11.8 Å². The van der Waals surface area contributed by atoms with Crippen molar-refractivity contribution >= 4 is 28.8 Å². The number of rotatable bonds is 2. The van der Waals surface area contributed by atoms with E-state index in [0.29, 0.717) is 17.0 Å². The molecule has 2 aliphatic rings. The second-order valence-corrected chi connectivity index (χ2v) is 7.08. The van der Waals surface area contributed by atoms with Gasteiger partial charge in [0.2, 0.25) is 0 Å². The summed E-state index contributed by atoms with van der Waals surface area (Å²) in [5, 5.41) is 4.84. The van der Waals surface area contributed by atoms with Crippen LogP contribution in [0, 0.1) is 0 Å². The van der Waals surface area contributed by atoms with Crippen molar-refractivity contribution in [3.8, 4) is 5.75 Å². The molecule has 0 spiro atoms. The minimum absolute atomic E-state index is 0.0360. The number of hydrogen-bond donors (Lipinski definition) is 1. The number of nitrogens with one attached hydrogen (secondary N) is 1. The van der Waals surface area contributed by atoms with Gasteiger partial charge in [-0.25, -0.2) is 0 Å². The van der Waals surface area contributed by atoms with Crippen molar-refractivity contribution in [2.75, 3.05) is 11.9 Å². The summed E-state index contributed by atoms with van der Waals surface area (Å²) in [6.45, 7) is 2.43. The van der Waals surface area contributed by atoms with Crippen molar-refractivity contribution in [2.45, 2.75) is 31.9 Å². The summed E-state index contributed by atoms with van der Waals surface area (Å²) >= 11 is 1.68. The Kier molecular flexibility index (Phi) is 3.76. The first-order valence-electron chi connectivity index (χ1n) is 8.10. The van der Waals surface area contributed by atoms with E-state index in [1.54, 1.807) is 36.5 Å². The van der Waals surface area contributed by atoms with Crippen LogP contribution in [0.25, 0.3) is 0 Å². The van der Waals surface area contributed by atoms with Crippen molar-refractivity contribution in [3.63, 3.8) is 0 Å². The zero-order valence-corrected chi connectivity index (χ0v) is 14.1. The Hall–Kier alpha value is -2.34. The van der Waals surface area contributed by atoms with Gasteiger partial charge >= 0.3 is 0 Å². The minimum atomic E-state index is -0.599. The third-order valence-corrected chi connectivity index (χ3v) is 5.53. The van der Waals surface area contributed by atoms with E-state index in [1.807, 2.05) is 16.3 Å². The Balaban J connectivity index is 1.68. The molecule has 1 fully saturated rings. The lowest BCUT2D eigenvalue weighted by atomic mass is 10.1. The van der Waals surface area contributed by atoms with E-state index in [2.05, 4.69) is 11.4 Å². The van der Waals surface area contributed by atoms with Gasteiger partial charge in [-0.3, -0.25) is 9.59 Å². The molecule has 2 amide bonds. The smallest absolute Gasteiger partial charge is 0.265 e. The van der Waals surface area contributed by atoms with Gasteiger partial charge in [0, 0.05) is 11.4 Å². The Morgan fingerprint density at radius 1 is 1.33 bits per heavy atom. The van der Waals surface area contributed by atoms with Gasteiger partial charge in [-0.05, 0) is 43.3 Å². The van der Waals surface area contributed by atoms with E-state index in [9.17, 15) is 9.59 Å². The Bertz CT molecular complexity index is 788. The Morgan fingerprint density at radius 3 is 3.00 bits per heavy atom. The molecule has 0 bridgehead atoms. The predicted octanol–water partition coefficient (Wildman–Crippen LogP) is 3.44. The van der Waals surface area contributed by atoms with E-state index in [-0.39, 0.29) is 17.9 Å². The summed E-state index contributed by atoms with van der Waals surface area (Å²) in [6.07, 6.45) is 1.38. The zero-order chi connectivity index (χ0) is 16.7. The molecule has 2 atom stereocenters. The number of fused-ring (bicyclic) bond motifs is 1. The van der Waals surface area contributed by atoms with Gasteiger partial charge < -0.3 is 15.0 Å². The van der Waals surface area contributed by atoms with Gasteiger partial charge in [-0.2, -0.15) is 0 Å². The monoisotopic (exact) mass is 342 g/mol. The molecule has 3 heterocycles. The molecule has 4 rings (SSSR count). The number of anilines is 1. The molecule has 1 aromatic carbocycles. The normalized spacial score (nSPS) is 22.7. The van der Waals surface area contributed by atoms with Crippen LogP contribution in [0.15, 0.2) is 35.7 Å². The number of ether oxygens (including phenoxy) is 1. The number of thiophene rings is 1. The summed E-state index contributed by atoms with van der Waals surface area (Å²) in [4.78, 5) is 28.1. The van der Waals surface area contributed by atoms with Gasteiger partial charge in [0.15, 0.2) is 11.9 Å². The molecule has 1 aromatic heterocycles. The van der Waals surface area contributed by atoms with Crippen LogP contribution in [0.4, 0.5) is 5.69 Å². The molecule has 0 saturated carbocycles. The number of nitrogens with zero attached hydrogens (tertiary/aromatic N) is 1. The fourth-order valence-electron chi connectivity index (χ4n) is 3.34. The maximum atomic E-state index is 13.2. The van der Waals surface area contributed by atoms with Crippen LogP contribution in [-0.4, -0.2) is 29.4 Å². The van der Waals surface area contributed by atoms with Crippen molar-refractivity contribution in [3.05, 3.63) is 46.2 Å². The number of amides is 2. The lowest BCUT2D eigenvalue weighted by Gasteiger charge is -2.28. The molecule has 24 heavy (non-hydrogen) atoms. The fraction of sp³-hybridized carbons (Fsp3) is 0.333. The van der Waals surface area contributed by atoms with Crippen LogP contribution in [0.2, 0.25) is 0 Å². The largest absolute Gasteiger partial charge is 0.478 e. The molecule has 0 unspecified atom stereocenters. The average Bonchev–Trinajstić information content (AvgIpc) is 3.25. The Labute approximate surface area is 144 Å². The van der Waals surface area contributed by atoms with E-state index in [1.165, 1.54) is 4.88 Å². The Morgan fingerprint density at radius 2 is 2.21 bits per heavy atom. The first-order chi connectivity index (χ1) is 11.6. The molecule has 0 radical (unpaired) electrons. The van der Waals surface area contributed by atoms with E-state index in [0.717, 1.165) is 19.4 Å². The number of benzene rings is 1. The first kappa shape index (κ1) is 15.2. The average molecular weight is 342 g/mol. The van der Waals surface area contributed by atoms with Crippen LogP contribution >= 0.6 is 11.3 Å². The second-order valence-electron chi connectivity index (χ2n) is 6.10. The van der Waals surface area contributed by atoms with Crippen LogP contribution in [0.5, 0.6) is 5.75 Å². The number of likely N-dealkylation sites (tertiary alicyclic amines) is 1. The molecule has 2 aliphatic heterocycles. The molecule has 5 nitrogen and oxygen atoms in total. The van der Waals surface area contributed by atoms with Crippen molar-refractivity contribution in [2.24, 2.45) is 0 Å². The highest BCUT2D eigenvalue weighted by Crippen LogP contribution is 2.39. The van der Waals surface area contributed by atoms with Gasteiger partial charge in [-0.1, -0.05) is 12.1 Å². The van der Waals surface area contributed by atoms with E-state index >= 15 is 0 Å². The molecular formula is C18H18N2O3S. The molecule has 1 saturated heterocycles. The lowest BCUT2D eigenvalue weighted by molar-refractivity contribution is -0.122. The first-order valence-corrected chi connectivity index (χ1v) is 8.98. The summed E-state index contributed by atoms with van der Waals surface area (Å²) in [5.41, 5.74) is 1.08. The highest BCUT2D eigenvalue weighted by atomic mass is 32.1. The van der Waals surface area contributed by atoms with Crippen LogP contribution in [-0.2, 0) is 4.79 Å².